The summed E-state index contributed by atoms with van der Waals surface area (Å²) in [6, 6.07) is 1.09. The van der Waals surface area contributed by atoms with Crippen molar-refractivity contribution < 1.29 is 4.79 Å². The standard InChI is InChI=1S/C15H26N2O/c18-15(12-6-2-1-3-7-12)17-11-5-9-14(17)13-8-4-10-16-13/h12-14,16H,1-11H2. The molecule has 2 unspecified atom stereocenters. The van der Waals surface area contributed by atoms with Gasteiger partial charge in [0.15, 0.2) is 0 Å². The highest BCUT2D eigenvalue weighted by molar-refractivity contribution is 5.79. The van der Waals surface area contributed by atoms with Gasteiger partial charge in [0.2, 0.25) is 5.91 Å². The summed E-state index contributed by atoms with van der Waals surface area (Å²) in [6.45, 7) is 2.16. The van der Waals surface area contributed by atoms with Gasteiger partial charge >= 0.3 is 0 Å². The Bertz CT molecular complexity index is 293. The van der Waals surface area contributed by atoms with Gasteiger partial charge in [0.1, 0.15) is 0 Å². The van der Waals surface area contributed by atoms with Crippen LogP contribution in [0.4, 0.5) is 0 Å². The van der Waals surface area contributed by atoms with E-state index < -0.39 is 0 Å². The number of carbonyl (C=O) groups is 1. The van der Waals surface area contributed by atoms with Crippen LogP contribution in [-0.4, -0.2) is 36.0 Å². The van der Waals surface area contributed by atoms with Gasteiger partial charge in [-0.2, -0.15) is 0 Å². The van der Waals surface area contributed by atoms with Crippen LogP contribution in [0.15, 0.2) is 0 Å². The zero-order valence-corrected chi connectivity index (χ0v) is 11.4. The van der Waals surface area contributed by atoms with E-state index in [0.717, 1.165) is 25.9 Å². The van der Waals surface area contributed by atoms with Gasteiger partial charge in [0.25, 0.3) is 0 Å². The van der Waals surface area contributed by atoms with Gasteiger partial charge in [0.05, 0.1) is 0 Å². The molecule has 2 aliphatic heterocycles. The van der Waals surface area contributed by atoms with E-state index in [1.54, 1.807) is 0 Å². The Morgan fingerprint density at radius 2 is 1.78 bits per heavy atom. The number of nitrogens with one attached hydrogen (secondary N) is 1. The summed E-state index contributed by atoms with van der Waals surface area (Å²) in [7, 11) is 0. The number of hydrogen-bond acceptors (Lipinski definition) is 2. The van der Waals surface area contributed by atoms with Gasteiger partial charge in [0, 0.05) is 24.5 Å². The number of rotatable bonds is 2. The molecular weight excluding hydrogens is 224 g/mol. The van der Waals surface area contributed by atoms with Crippen LogP contribution in [0.25, 0.3) is 0 Å². The molecule has 2 heterocycles. The van der Waals surface area contributed by atoms with Crippen LogP contribution in [0.2, 0.25) is 0 Å². The highest BCUT2D eigenvalue weighted by Crippen LogP contribution is 2.31. The second-order valence-electron chi connectivity index (χ2n) is 6.28. The molecule has 0 aromatic heterocycles. The number of carbonyl (C=O) groups excluding carboxylic acids is 1. The molecule has 3 fully saturated rings. The number of nitrogens with zero attached hydrogens (tertiary/aromatic N) is 1. The summed E-state index contributed by atoms with van der Waals surface area (Å²) < 4.78 is 0. The molecular formula is C15H26N2O. The van der Waals surface area contributed by atoms with Gasteiger partial charge in [-0.05, 0) is 45.1 Å². The van der Waals surface area contributed by atoms with Crippen LogP contribution in [0.3, 0.4) is 0 Å². The molecule has 1 saturated carbocycles. The van der Waals surface area contributed by atoms with Crippen molar-refractivity contribution >= 4 is 5.91 Å². The van der Waals surface area contributed by atoms with Crippen molar-refractivity contribution in [2.75, 3.05) is 13.1 Å². The minimum Gasteiger partial charge on any atom is -0.338 e. The normalized spacial score (nSPS) is 34.1. The van der Waals surface area contributed by atoms with Crippen molar-refractivity contribution in [2.45, 2.75) is 69.9 Å². The molecule has 3 nitrogen and oxygen atoms in total. The number of likely N-dealkylation sites (tertiary alicyclic amines) is 1. The third-order valence-electron chi connectivity index (χ3n) is 5.10. The van der Waals surface area contributed by atoms with Crippen molar-refractivity contribution in [3.63, 3.8) is 0 Å². The predicted molar refractivity (Wildman–Crippen MR) is 72.3 cm³/mol. The Labute approximate surface area is 110 Å². The summed E-state index contributed by atoms with van der Waals surface area (Å²) >= 11 is 0. The Kier molecular flexibility index (Phi) is 3.88. The van der Waals surface area contributed by atoms with Crippen LogP contribution >= 0.6 is 0 Å². The van der Waals surface area contributed by atoms with Crippen LogP contribution in [0.1, 0.15) is 57.8 Å². The first-order valence-corrected chi connectivity index (χ1v) is 7.90. The maximum atomic E-state index is 12.7. The maximum Gasteiger partial charge on any atom is 0.225 e. The first kappa shape index (κ1) is 12.5. The minimum absolute atomic E-state index is 0.348. The molecule has 2 saturated heterocycles. The molecule has 0 bridgehead atoms. The van der Waals surface area contributed by atoms with E-state index in [0.29, 0.717) is 23.9 Å². The molecule has 3 heteroatoms. The van der Waals surface area contributed by atoms with E-state index in [4.69, 9.17) is 0 Å². The van der Waals surface area contributed by atoms with Crippen LogP contribution in [0.5, 0.6) is 0 Å². The lowest BCUT2D eigenvalue weighted by atomic mass is 9.88. The Morgan fingerprint density at radius 3 is 2.50 bits per heavy atom. The molecule has 18 heavy (non-hydrogen) atoms. The fourth-order valence-corrected chi connectivity index (χ4v) is 4.11. The highest BCUT2D eigenvalue weighted by Gasteiger charge is 2.38. The van der Waals surface area contributed by atoms with E-state index >= 15 is 0 Å². The summed E-state index contributed by atoms with van der Waals surface area (Å²) in [5.41, 5.74) is 0. The van der Waals surface area contributed by atoms with Crippen LogP contribution in [-0.2, 0) is 4.79 Å². The van der Waals surface area contributed by atoms with Crippen molar-refractivity contribution in [1.82, 2.24) is 10.2 Å². The molecule has 2 atom stereocenters. The van der Waals surface area contributed by atoms with E-state index in [1.165, 1.54) is 44.9 Å². The average Bonchev–Trinajstić information content (AvgIpc) is 3.09. The average molecular weight is 250 g/mol. The summed E-state index contributed by atoms with van der Waals surface area (Å²) in [5, 5.41) is 3.59. The van der Waals surface area contributed by atoms with Crippen LogP contribution in [0, 0.1) is 5.92 Å². The topological polar surface area (TPSA) is 32.3 Å². The smallest absolute Gasteiger partial charge is 0.225 e. The summed E-state index contributed by atoms with van der Waals surface area (Å²) in [6.07, 6.45) is 11.1. The maximum absolute atomic E-state index is 12.7. The fraction of sp³-hybridized carbons (Fsp3) is 0.933. The Morgan fingerprint density at radius 1 is 0.944 bits per heavy atom. The first-order valence-electron chi connectivity index (χ1n) is 7.90. The molecule has 0 radical (unpaired) electrons. The molecule has 0 aromatic rings. The quantitative estimate of drug-likeness (QED) is 0.815. The van der Waals surface area contributed by atoms with Gasteiger partial charge < -0.3 is 10.2 Å². The van der Waals surface area contributed by atoms with Crippen LogP contribution < -0.4 is 5.32 Å². The van der Waals surface area contributed by atoms with E-state index in [9.17, 15) is 4.79 Å². The van der Waals surface area contributed by atoms with Gasteiger partial charge in [-0.3, -0.25) is 4.79 Å². The predicted octanol–water partition coefficient (Wildman–Crippen LogP) is 2.31. The van der Waals surface area contributed by atoms with Crippen molar-refractivity contribution in [3.8, 4) is 0 Å². The lowest BCUT2D eigenvalue weighted by molar-refractivity contribution is -0.137. The lowest BCUT2D eigenvalue weighted by Crippen LogP contribution is -2.48. The molecule has 0 spiro atoms. The van der Waals surface area contributed by atoms with E-state index in [2.05, 4.69) is 10.2 Å². The minimum atomic E-state index is 0.348. The van der Waals surface area contributed by atoms with Crippen molar-refractivity contribution in [3.05, 3.63) is 0 Å². The van der Waals surface area contributed by atoms with Gasteiger partial charge in [-0.15, -0.1) is 0 Å². The molecule has 3 rings (SSSR count). The zero-order valence-electron chi connectivity index (χ0n) is 11.4. The Hall–Kier alpha value is -0.570. The SMILES string of the molecule is O=C(C1CCCCC1)N1CCCC1C1CCCN1. The second kappa shape index (κ2) is 5.60. The van der Waals surface area contributed by atoms with Crippen molar-refractivity contribution in [2.24, 2.45) is 5.92 Å². The van der Waals surface area contributed by atoms with E-state index in [1.807, 2.05) is 0 Å². The van der Waals surface area contributed by atoms with E-state index in [-0.39, 0.29) is 0 Å². The molecule has 3 aliphatic rings. The zero-order chi connectivity index (χ0) is 12.4. The summed E-state index contributed by atoms with van der Waals surface area (Å²) in [4.78, 5) is 14.9. The molecule has 1 amide bonds. The lowest BCUT2D eigenvalue weighted by Gasteiger charge is -2.33. The first-order chi connectivity index (χ1) is 8.86. The van der Waals surface area contributed by atoms with Gasteiger partial charge in [-0.1, -0.05) is 19.3 Å². The van der Waals surface area contributed by atoms with Gasteiger partial charge in [-0.25, -0.2) is 0 Å². The fourth-order valence-electron chi connectivity index (χ4n) is 4.11. The monoisotopic (exact) mass is 250 g/mol. The largest absolute Gasteiger partial charge is 0.338 e. The Balaban J connectivity index is 1.63. The number of amides is 1. The highest BCUT2D eigenvalue weighted by atomic mass is 16.2. The third-order valence-corrected chi connectivity index (χ3v) is 5.10. The molecule has 1 N–H and O–H groups in total. The second-order valence-corrected chi connectivity index (χ2v) is 6.28. The molecule has 0 aromatic carbocycles. The van der Waals surface area contributed by atoms with Crippen molar-refractivity contribution in [1.29, 1.82) is 0 Å². The molecule has 102 valence electrons. The molecule has 1 aliphatic carbocycles. The third kappa shape index (κ3) is 2.42. The summed E-state index contributed by atoms with van der Waals surface area (Å²) in [5.74, 6) is 0.826. The number of hydrogen-bond donors (Lipinski definition) is 1.